The van der Waals surface area contributed by atoms with Gasteiger partial charge in [-0.1, -0.05) is 12.8 Å². The molecule has 1 aliphatic carbocycles. The highest BCUT2D eigenvalue weighted by atomic mass is 15.2. The fraction of sp³-hybridized carbons (Fsp3) is 0.643. The second-order valence-corrected chi connectivity index (χ2v) is 5.55. The van der Waals surface area contributed by atoms with Crippen molar-refractivity contribution >= 4 is 5.69 Å². The van der Waals surface area contributed by atoms with Gasteiger partial charge in [-0.15, -0.1) is 0 Å². The summed E-state index contributed by atoms with van der Waals surface area (Å²) in [6, 6.07) is 4.75. The molecule has 4 nitrogen and oxygen atoms in total. The molecule has 0 aromatic carbocycles. The average molecular weight is 246 g/mol. The fourth-order valence-corrected chi connectivity index (χ4v) is 3.56. The molecule has 98 valence electrons. The van der Waals surface area contributed by atoms with Crippen molar-refractivity contribution in [1.29, 1.82) is 0 Å². The molecule has 2 atom stereocenters. The van der Waals surface area contributed by atoms with Crippen molar-refractivity contribution in [1.82, 2.24) is 9.88 Å². The van der Waals surface area contributed by atoms with Crippen LogP contribution in [0.4, 0.5) is 5.69 Å². The fourth-order valence-electron chi connectivity index (χ4n) is 3.56. The zero-order valence-electron chi connectivity index (χ0n) is 10.8. The number of fused-ring (bicyclic) bond motifs is 1. The van der Waals surface area contributed by atoms with Crippen LogP contribution in [0.5, 0.6) is 0 Å². The van der Waals surface area contributed by atoms with E-state index in [9.17, 15) is 0 Å². The van der Waals surface area contributed by atoms with E-state index in [-0.39, 0.29) is 0 Å². The van der Waals surface area contributed by atoms with Crippen molar-refractivity contribution in [2.24, 2.45) is 11.8 Å². The molecule has 1 saturated heterocycles. The molecule has 1 aromatic rings. The van der Waals surface area contributed by atoms with Gasteiger partial charge in [-0.2, -0.15) is 0 Å². The summed E-state index contributed by atoms with van der Waals surface area (Å²) >= 11 is 0. The Balaban J connectivity index is 1.68. The highest BCUT2D eigenvalue weighted by molar-refractivity contribution is 5.41. The van der Waals surface area contributed by atoms with E-state index < -0.39 is 0 Å². The van der Waals surface area contributed by atoms with Crippen LogP contribution in [-0.2, 0) is 6.54 Å². The van der Waals surface area contributed by atoms with E-state index in [1.54, 1.807) is 0 Å². The first kappa shape index (κ1) is 11.9. The van der Waals surface area contributed by atoms with Crippen LogP contribution in [-0.4, -0.2) is 22.5 Å². The molecule has 1 aliphatic heterocycles. The summed E-state index contributed by atoms with van der Waals surface area (Å²) in [7, 11) is 0. The summed E-state index contributed by atoms with van der Waals surface area (Å²) in [4.78, 5) is 7.07. The first-order valence-electron chi connectivity index (χ1n) is 7.02. The van der Waals surface area contributed by atoms with Crippen molar-refractivity contribution in [2.45, 2.75) is 44.7 Å². The third-order valence-electron chi connectivity index (χ3n) is 4.47. The van der Waals surface area contributed by atoms with E-state index in [0.29, 0.717) is 0 Å². The minimum atomic E-state index is 0.801. The molecular weight excluding hydrogens is 224 g/mol. The van der Waals surface area contributed by atoms with Crippen LogP contribution in [0, 0.1) is 5.92 Å². The summed E-state index contributed by atoms with van der Waals surface area (Å²) in [5.41, 5.74) is 4.76. The van der Waals surface area contributed by atoms with Crippen molar-refractivity contribution < 1.29 is 0 Å². The van der Waals surface area contributed by atoms with Crippen LogP contribution in [0.15, 0.2) is 18.3 Å². The number of rotatable bonds is 3. The normalized spacial score (nSPS) is 28.1. The summed E-state index contributed by atoms with van der Waals surface area (Å²) in [6.45, 7) is 2.20. The van der Waals surface area contributed by atoms with Crippen molar-refractivity contribution in [2.75, 3.05) is 12.0 Å². The third-order valence-corrected chi connectivity index (χ3v) is 4.47. The number of likely N-dealkylation sites (tertiary alicyclic amines) is 1. The van der Waals surface area contributed by atoms with Crippen LogP contribution >= 0.6 is 0 Å². The van der Waals surface area contributed by atoms with Gasteiger partial charge in [0.05, 0.1) is 11.4 Å². The van der Waals surface area contributed by atoms with Gasteiger partial charge >= 0.3 is 0 Å². The molecule has 2 fully saturated rings. The molecule has 0 spiro atoms. The van der Waals surface area contributed by atoms with Crippen molar-refractivity contribution in [3.8, 4) is 0 Å². The van der Waals surface area contributed by atoms with Crippen LogP contribution in [0.1, 0.15) is 37.8 Å². The largest absolute Gasteiger partial charge is 0.324 e. The predicted molar refractivity (Wildman–Crippen MR) is 72.8 cm³/mol. The van der Waals surface area contributed by atoms with Gasteiger partial charge < -0.3 is 5.43 Å². The topological polar surface area (TPSA) is 54.2 Å². The number of nitrogen functional groups attached to an aromatic ring is 1. The van der Waals surface area contributed by atoms with E-state index in [0.717, 1.165) is 29.9 Å². The molecule has 2 aliphatic rings. The van der Waals surface area contributed by atoms with Crippen molar-refractivity contribution in [3.63, 3.8) is 0 Å². The average Bonchev–Trinajstić information content (AvgIpc) is 2.83. The maximum absolute atomic E-state index is 5.44. The Labute approximate surface area is 109 Å². The monoisotopic (exact) mass is 246 g/mol. The molecule has 1 saturated carbocycles. The smallest absolute Gasteiger partial charge is 0.0565 e. The first-order valence-corrected chi connectivity index (χ1v) is 7.02. The minimum Gasteiger partial charge on any atom is -0.324 e. The Hall–Kier alpha value is -1.13. The molecule has 2 heterocycles. The number of nitrogens with one attached hydrogen (secondary N) is 1. The number of nitrogens with zero attached hydrogens (tertiary/aromatic N) is 2. The van der Waals surface area contributed by atoms with E-state index in [1.807, 2.05) is 12.3 Å². The summed E-state index contributed by atoms with van der Waals surface area (Å²) in [5, 5.41) is 0. The summed E-state index contributed by atoms with van der Waals surface area (Å²) in [5.74, 6) is 6.38. The van der Waals surface area contributed by atoms with Gasteiger partial charge in [-0.05, 0) is 43.9 Å². The van der Waals surface area contributed by atoms with Crippen LogP contribution < -0.4 is 11.3 Å². The molecule has 3 N–H and O–H groups in total. The molecule has 1 aromatic heterocycles. The molecule has 4 heteroatoms. The maximum atomic E-state index is 5.44. The van der Waals surface area contributed by atoms with Crippen LogP contribution in [0.3, 0.4) is 0 Å². The van der Waals surface area contributed by atoms with Gasteiger partial charge in [0.2, 0.25) is 0 Å². The molecule has 0 radical (unpaired) electrons. The molecule has 0 bridgehead atoms. The molecule has 18 heavy (non-hydrogen) atoms. The predicted octanol–water partition coefficient (Wildman–Crippen LogP) is 2.13. The first-order chi connectivity index (χ1) is 8.86. The van der Waals surface area contributed by atoms with E-state index in [1.165, 1.54) is 38.6 Å². The second-order valence-electron chi connectivity index (χ2n) is 5.55. The Kier molecular flexibility index (Phi) is 3.48. The van der Waals surface area contributed by atoms with Gasteiger partial charge in [0.15, 0.2) is 0 Å². The van der Waals surface area contributed by atoms with Gasteiger partial charge in [0, 0.05) is 18.8 Å². The number of pyridine rings is 1. The van der Waals surface area contributed by atoms with Gasteiger partial charge in [-0.3, -0.25) is 15.7 Å². The Morgan fingerprint density at radius 1 is 1.33 bits per heavy atom. The van der Waals surface area contributed by atoms with Gasteiger partial charge in [-0.25, -0.2) is 0 Å². The SMILES string of the molecule is NNc1ccnc(CN2CCC3CCCCC32)c1. The van der Waals surface area contributed by atoms with E-state index in [4.69, 9.17) is 5.84 Å². The van der Waals surface area contributed by atoms with E-state index >= 15 is 0 Å². The van der Waals surface area contributed by atoms with E-state index in [2.05, 4.69) is 21.4 Å². The number of hydrogen-bond donors (Lipinski definition) is 2. The number of anilines is 1. The summed E-state index contributed by atoms with van der Waals surface area (Å²) < 4.78 is 0. The Morgan fingerprint density at radius 2 is 2.22 bits per heavy atom. The molecular formula is C14H22N4. The lowest BCUT2D eigenvalue weighted by atomic mass is 9.85. The Bertz CT molecular complexity index is 407. The van der Waals surface area contributed by atoms with Crippen LogP contribution in [0.25, 0.3) is 0 Å². The number of hydrazine groups is 1. The molecule has 2 unspecified atom stereocenters. The number of aromatic nitrogens is 1. The molecule has 0 amide bonds. The zero-order chi connectivity index (χ0) is 12.4. The second kappa shape index (κ2) is 5.24. The zero-order valence-corrected chi connectivity index (χ0v) is 10.8. The Morgan fingerprint density at radius 3 is 3.11 bits per heavy atom. The summed E-state index contributed by atoms with van der Waals surface area (Å²) in [6.07, 6.45) is 8.84. The quantitative estimate of drug-likeness (QED) is 0.633. The number of nitrogens with two attached hydrogens (primary N) is 1. The highest BCUT2D eigenvalue weighted by Crippen LogP contribution is 2.36. The maximum Gasteiger partial charge on any atom is 0.0565 e. The van der Waals surface area contributed by atoms with Gasteiger partial charge in [0.25, 0.3) is 0 Å². The highest BCUT2D eigenvalue weighted by Gasteiger charge is 2.35. The standard InChI is InChI=1S/C14H22N4/c15-17-12-5-7-16-13(9-12)10-18-8-6-11-3-1-2-4-14(11)18/h5,7,9,11,14H,1-4,6,8,10,15H2,(H,16,17). The minimum absolute atomic E-state index is 0.801. The lowest BCUT2D eigenvalue weighted by Gasteiger charge is -2.31. The number of hydrogen-bond acceptors (Lipinski definition) is 4. The lowest BCUT2D eigenvalue weighted by Crippen LogP contribution is -2.34. The molecule has 3 rings (SSSR count). The van der Waals surface area contributed by atoms with Crippen LogP contribution in [0.2, 0.25) is 0 Å². The lowest BCUT2D eigenvalue weighted by molar-refractivity contribution is 0.174. The van der Waals surface area contributed by atoms with Gasteiger partial charge in [0.1, 0.15) is 0 Å². The third kappa shape index (κ3) is 2.35. The van der Waals surface area contributed by atoms with Crippen molar-refractivity contribution in [3.05, 3.63) is 24.0 Å².